The van der Waals surface area contributed by atoms with Crippen molar-refractivity contribution >= 4 is 17.5 Å². The number of aromatic nitrogens is 1. The van der Waals surface area contributed by atoms with Crippen LogP contribution in [-0.4, -0.2) is 22.8 Å². The van der Waals surface area contributed by atoms with Crippen LogP contribution in [0.3, 0.4) is 0 Å². The molecule has 0 saturated heterocycles. The van der Waals surface area contributed by atoms with Gasteiger partial charge in [0.2, 0.25) is 5.91 Å². The van der Waals surface area contributed by atoms with E-state index in [0.717, 1.165) is 16.7 Å². The van der Waals surface area contributed by atoms with Gasteiger partial charge in [0.15, 0.2) is 11.7 Å². The molecule has 162 valence electrons. The molecule has 4 rings (SSSR count). The summed E-state index contributed by atoms with van der Waals surface area (Å²) >= 11 is 5.93. The number of hydrogen-bond donors (Lipinski definition) is 0. The number of carbonyl (C=O) groups is 1. The molecule has 6 heteroatoms. The lowest BCUT2D eigenvalue weighted by atomic mass is 9.97. The fourth-order valence-electron chi connectivity index (χ4n) is 3.63. The maximum Gasteiger partial charge on any atom is 0.223 e. The van der Waals surface area contributed by atoms with E-state index in [1.54, 1.807) is 42.4 Å². The van der Waals surface area contributed by atoms with Gasteiger partial charge in [-0.1, -0.05) is 54.1 Å². The van der Waals surface area contributed by atoms with Crippen molar-refractivity contribution < 1.29 is 13.6 Å². The van der Waals surface area contributed by atoms with Crippen molar-refractivity contribution in [3.63, 3.8) is 0 Å². The zero-order valence-electron chi connectivity index (χ0n) is 17.5. The highest BCUT2D eigenvalue weighted by molar-refractivity contribution is 6.30. The second kappa shape index (κ2) is 9.79. The van der Waals surface area contributed by atoms with Crippen LogP contribution in [0.25, 0.3) is 11.3 Å². The lowest BCUT2D eigenvalue weighted by Crippen LogP contribution is -2.32. The molecule has 4 aromatic rings. The Morgan fingerprint density at radius 3 is 2.34 bits per heavy atom. The van der Waals surface area contributed by atoms with Crippen molar-refractivity contribution in [3.8, 4) is 11.3 Å². The van der Waals surface area contributed by atoms with Crippen molar-refractivity contribution in [1.82, 2.24) is 9.88 Å². The van der Waals surface area contributed by atoms with E-state index in [1.165, 1.54) is 12.1 Å². The van der Waals surface area contributed by atoms with Gasteiger partial charge in [-0.15, -0.1) is 0 Å². The molecule has 1 unspecified atom stereocenters. The monoisotopic (exact) mass is 448 g/mol. The highest BCUT2D eigenvalue weighted by Gasteiger charge is 2.24. The lowest BCUT2D eigenvalue weighted by Gasteiger charge is -2.29. The molecule has 0 spiro atoms. The lowest BCUT2D eigenvalue weighted by molar-refractivity contribution is -0.131. The van der Waals surface area contributed by atoms with Gasteiger partial charge in [0.1, 0.15) is 5.82 Å². The van der Waals surface area contributed by atoms with Crippen LogP contribution < -0.4 is 0 Å². The number of aryl methyl sites for hydroxylation is 1. The molecule has 0 fully saturated rings. The first-order valence-corrected chi connectivity index (χ1v) is 10.7. The van der Waals surface area contributed by atoms with E-state index in [9.17, 15) is 9.18 Å². The normalized spacial score (nSPS) is 11.8. The third-order valence-electron chi connectivity index (χ3n) is 5.32. The number of amides is 1. The van der Waals surface area contributed by atoms with Crippen molar-refractivity contribution in [2.24, 2.45) is 0 Å². The number of halogens is 2. The van der Waals surface area contributed by atoms with E-state index < -0.39 is 0 Å². The minimum atomic E-state index is -0.321. The van der Waals surface area contributed by atoms with Crippen LogP contribution in [0.4, 0.5) is 4.39 Å². The topological polar surface area (TPSA) is 46.3 Å². The molecule has 1 atom stereocenters. The maximum atomic E-state index is 13.5. The SMILES string of the molecule is CN(C(=O)CCc1ncc(-c2ccc(Cl)cc2)o1)C(c1ccccc1)c1ccc(F)cc1. The molecule has 0 aliphatic carbocycles. The van der Waals surface area contributed by atoms with E-state index in [0.29, 0.717) is 23.1 Å². The Morgan fingerprint density at radius 2 is 1.66 bits per heavy atom. The smallest absolute Gasteiger partial charge is 0.223 e. The van der Waals surface area contributed by atoms with Gasteiger partial charge in [-0.2, -0.15) is 0 Å². The van der Waals surface area contributed by atoms with E-state index in [2.05, 4.69) is 4.98 Å². The summed E-state index contributed by atoms with van der Waals surface area (Å²) in [6.45, 7) is 0. The van der Waals surface area contributed by atoms with Gasteiger partial charge in [0.05, 0.1) is 12.2 Å². The van der Waals surface area contributed by atoms with Crippen LogP contribution in [0.5, 0.6) is 0 Å². The predicted octanol–water partition coefficient (Wildman–Crippen LogP) is 6.31. The fourth-order valence-corrected chi connectivity index (χ4v) is 3.75. The van der Waals surface area contributed by atoms with Crippen LogP contribution in [0, 0.1) is 5.82 Å². The molecule has 0 radical (unpaired) electrons. The second-order valence-corrected chi connectivity index (χ2v) is 7.93. The van der Waals surface area contributed by atoms with Crippen molar-refractivity contribution in [2.75, 3.05) is 7.05 Å². The summed E-state index contributed by atoms with van der Waals surface area (Å²) in [4.78, 5) is 19.0. The minimum absolute atomic E-state index is 0.0607. The van der Waals surface area contributed by atoms with Crippen molar-refractivity contribution in [2.45, 2.75) is 18.9 Å². The second-order valence-electron chi connectivity index (χ2n) is 7.49. The molecular weight excluding hydrogens is 427 g/mol. The summed E-state index contributed by atoms with van der Waals surface area (Å²) in [5, 5.41) is 0.649. The highest BCUT2D eigenvalue weighted by Crippen LogP contribution is 2.29. The Balaban J connectivity index is 1.48. The van der Waals surface area contributed by atoms with E-state index in [-0.39, 0.29) is 24.2 Å². The molecule has 1 heterocycles. The van der Waals surface area contributed by atoms with E-state index in [1.807, 2.05) is 42.5 Å². The van der Waals surface area contributed by atoms with Crippen LogP contribution in [0.2, 0.25) is 5.02 Å². The van der Waals surface area contributed by atoms with Gasteiger partial charge in [-0.3, -0.25) is 4.79 Å². The largest absolute Gasteiger partial charge is 0.441 e. The summed E-state index contributed by atoms with van der Waals surface area (Å²) in [5.41, 5.74) is 2.67. The first-order chi connectivity index (χ1) is 15.5. The van der Waals surface area contributed by atoms with Gasteiger partial charge in [0.25, 0.3) is 0 Å². The van der Waals surface area contributed by atoms with Crippen molar-refractivity contribution in [3.05, 3.63) is 113 Å². The Kier molecular flexibility index (Phi) is 6.66. The van der Waals surface area contributed by atoms with Gasteiger partial charge < -0.3 is 9.32 Å². The minimum Gasteiger partial charge on any atom is -0.441 e. The van der Waals surface area contributed by atoms with Crippen LogP contribution in [0.15, 0.2) is 89.5 Å². The first-order valence-electron chi connectivity index (χ1n) is 10.3. The number of carbonyl (C=O) groups excluding carboxylic acids is 1. The van der Waals surface area contributed by atoms with Crippen LogP contribution in [-0.2, 0) is 11.2 Å². The molecule has 0 bridgehead atoms. The quantitative estimate of drug-likeness (QED) is 0.332. The summed E-state index contributed by atoms with van der Waals surface area (Å²) in [7, 11) is 1.76. The first kappa shape index (κ1) is 21.8. The number of oxazole rings is 1. The molecule has 0 aliphatic heterocycles. The summed E-state index contributed by atoms with van der Waals surface area (Å²) in [6, 6.07) is 22.9. The number of benzene rings is 3. The molecule has 4 nitrogen and oxygen atoms in total. The number of nitrogens with zero attached hydrogens (tertiary/aromatic N) is 2. The molecule has 1 aromatic heterocycles. The van der Waals surface area contributed by atoms with Crippen LogP contribution >= 0.6 is 11.6 Å². The zero-order valence-corrected chi connectivity index (χ0v) is 18.3. The molecule has 0 aliphatic rings. The zero-order chi connectivity index (χ0) is 22.5. The number of hydrogen-bond acceptors (Lipinski definition) is 3. The molecular formula is C26H22ClFN2O2. The predicted molar refractivity (Wildman–Crippen MR) is 123 cm³/mol. The Bertz CT molecular complexity index is 1170. The molecule has 0 N–H and O–H groups in total. The fraction of sp³-hybridized carbons (Fsp3) is 0.154. The third kappa shape index (κ3) is 5.06. The maximum absolute atomic E-state index is 13.5. The molecule has 1 amide bonds. The summed E-state index contributed by atoms with van der Waals surface area (Å²) < 4.78 is 19.3. The van der Waals surface area contributed by atoms with E-state index in [4.69, 9.17) is 16.0 Å². The molecule has 0 saturated carbocycles. The summed E-state index contributed by atoms with van der Waals surface area (Å²) in [6.07, 6.45) is 2.27. The Hall–Kier alpha value is -3.44. The highest BCUT2D eigenvalue weighted by atomic mass is 35.5. The molecule has 32 heavy (non-hydrogen) atoms. The van der Waals surface area contributed by atoms with Crippen LogP contribution in [0.1, 0.15) is 29.5 Å². The van der Waals surface area contributed by atoms with Gasteiger partial charge in [0, 0.05) is 30.5 Å². The molecule has 3 aromatic carbocycles. The van der Waals surface area contributed by atoms with Gasteiger partial charge >= 0.3 is 0 Å². The van der Waals surface area contributed by atoms with Gasteiger partial charge in [-0.05, 0) is 47.5 Å². The Morgan fingerprint density at radius 1 is 1.00 bits per heavy atom. The standard InChI is InChI=1S/C26H22ClFN2O2/c1-30(26(19-5-3-2-4-6-19)20-9-13-22(28)14-10-20)25(31)16-15-24-29-17-23(32-24)18-7-11-21(27)12-8-18/h2-14,17,26H,15-16H2,1H3. The van der Waals surface area contributed by atoms with Crippen molar-refractivity contribution in [1.29, 1.82) is 0 Å². The van der Waals surface area contributed by atoms with E-state index >= 15 is 0 Å². The summed E-state index contributed by atoms with van der Waals surface area (Å²) in [5.74, 6) is 0.755. The average molecular weight is 449 g/mol. The third-order valence-corrected chi connectivity index (χ3v) is 5.57. The average Bonchev–Trinajstić information content (AvgIpc) is 3.29. The Labute approximate surface area is 191 Å². The number of rotatable bonds is 7. The van der Waals surface area contributed by atoms with Gasteiger partial charge in [-0.25, -0.2) is 9.37 Å².